The summed E-state index contributed by atoms with van der Waals surface area (Å²) in [4.78, 5) is 15.3. The Kier molecular flexibility index (Phi) is 8.59. The van der Waals surface area contributed by atoms with Crippen molar-refractivity contribution >= 4 is 30.1 Å². The van der Waals surface area contributed by atoms with Crippen LogP contribution in [-0.2, 0) is 0 Å². The van der Waals surface area contributed by atoms with Crippen LogP contribution in [0.25, 0.3) is 0 Å². The molecule has 0 saturated heterocycles. The fourth-order valence-corrected chi connectivity index (χ4v) is 1.92. The number of hydrogen-bond acceptors (Lipinski definition) is 4. The standard InChI is InChI=1S/C11H14F3N3OS.ClH/c12-11(13,14)19-10-8(4-3-7-17-10)9(18)16-6-2-1-5-15;/h3-4,7H,1-2,5-6,15H2,(H,16,18);1H. The Balaban J connectivity index is 0.00000361. The van der Waals surface area contributed by atoms with Gasteiger partial charge in [-0.05, 0) is 31.5 Å². The molecule has 0 aromatic carbocycles. The van der Waals surface area contributed by atoms with Crippen LogP contribution in [0.3, 0.4) is 0 Å². The minimum absolute atomic E-state index is 0. The van der Waals surface area contributed by atoms with Crippen LogP contribution >= 0.6 is 24.2 Å². The summed E-state index contributed by atoms with van der Waals surface area (Å²) >= 11 is -0.393. The van der Waals surface area contributed by atoms with Gasteiger partial charge in [-0.2, -0.15) is 13.2 Å². The van der Waals surface area contributed by atoms with Crippen molar-refractivity contribution in [2.45, 2.75) is 23.4 Å². The van der Waals surface area contributed by atoms with E-state index in [1.807, 2.05) is 0 Å². The highest BCUT2D eigenvalue weighted by molar-refractivity contribution is 8.00. The number of nitrogens with zero attached hydrogens (tertiary/aromatic N) is 1. The molecule has 9 heteroatoms. The number of amides is 1. The van der Waals surface area contributed by atoms with Crippen molar-refractivity contribution in [3.63, 3.8) is 0 Å². The number of hydrogen-bond donors (Lipinski definition) is 2. The topological polar surface area (TPSA) is 68.0 Å². The van der Waals surface area contributed by atoms with E-state index in [0.29, 0.717) is 19.5 Å². The van der Waals surface area contributed by atoms with E-state index < -0.39 is 23.2 Å². The summed E-state index contributed by atoms with van der Waals surface area (Å²) in [7, 11) is 0. The zero-order chi connectivity index (χ0) is 14.3. The third kappa shape index (κ3) is 6.97. The molecule has 3 N–H and O–H groups in total. The number of thioether (sulfide) groups is 1. The summed E-state index contributed by atoms with van der Waals surface area (Å²) in [6.45, 7) is 0.888. The van der Waals surface area contributed by atoms with Gasteiger partial charge in [0, 0.05) is 24.5 Å². The highest BCUT2D eigenvalue weighted by Crippen LogP contribution is 2.37. The van der Waals surface area contributed by atoms with Gasteiger partial charge in [-0.15, -0.1) is 12.4 Å². The molecule has 0 radical (unpaired) electrons. The highest BCUT2D eigenvalue weighted by atomic mass is 35.5. The summed E-state index contributed by atoms with van der Waals surface area (Å²) in [6.07, 6.45) is 2.65. The van der Waals surface area contributed by atoms with Gasteiger partial charge in [-0.3, -0.25) is 4.79 Å². The number of carbonyl (C=O) groups is 1. The van der Waals surface area contributed by atoms with Crippen LogP contribution in [0.1, 0.15) is 23.2 Å². The second-order valence-corrected chi connectivity index (χ2v) is 4.71. The lowest BCUT2D eigenvalue weighted by Crippen LogP contribution is -2.26. The van der Waals surface area contributed by atoms with Crippen molar-refractivity contribution < 1.29 is 18.0 Å². The van der Waals surface area contributed by atoms with E-state index in [1.54, 1.807) is 0 Å². The van der Waals surface area contributed by atoms with Crippen LogP contribution in [0.2, 0.25) is 0 Å². The van der Waals surface area contributed by atoms with Crippen molar-refractivity contribution in [1.82, 2.24) is 10.3 Å². The SMILES string of the molecule is Cl.NCCCCNC(=O)c1cccnc1SC(F)(F)F. The second kappa shape index (κ2) is 9.04. The first kappa shape index (κ1) is 19.0. The molecule has 0 aliphatic heterocycles. The van der Waals surface area contributed by atoms with Gasteiger partial charge in [0.05, 0.1) is 5.56 Å². The lowest BCUT2D eigenvalue weighted by Gasteiger charge is -2.10. The van der Waals surface area contributed by atoms with Gasteiger partial charge in [-0.25, -0.2) is 4.98 Å². The zero-order valence-corrected chi connectivity index (χ0v) is 12.1. The molecule has 0 atom stereocenters. The van der Waals surface area contributed by atoms with Gasteiger partial charge < -0.3 is 11.1 Å². The minimum atomic E-state index is -4.47. The number of nitrogens with one attached hydrogen (secondary N) is 1. The van der Waals surface area contributed by atoms with Crippen LogP contribution in [-0.4, -0.2) is 29.5 Å². The summed E-state index contributed by atoms with van der Waals surface area (Å²) in [5, 5.41) is 2.20. The Hall–Kier alpha value is -0.990. The largest absolute Gasteiger partial charge is 0.447 e. The van der Waals surface area contributed by atoms with Crippen LogP contribution in [0.5, 0.6) is 0 Å². The third-order valence-corrected chi connectivity index (χ3v) is 2.89. The van der Waals surface area contributed by atoms with E-state index in [0.717, 1.165) is 6.42 Å². The van der Waals surface area contributed by atoms with Crippen LogP contribution < -0.4 is 11.1 Å². The van der Waals surface area contributed by atoms with Crippen molar-refractivity contribution in [3.8, 4) is 0 Å². The molecule has 0 saturated carbocycles. The van der Waals surface area contributed by atoms with Gasteiger partial charge in [0.25, 0.3) is 5.91 Å². The van der Waals surface area contributed by atoms with Crippen LogP contribution in [0, 0.1) is 0 Å². The molecule has 1 aromatic rings. The van der Waals surface area contributed by atoms with Crippen LogP contribution in [0.4, 0.5) is 13.2 Å². The molecular weight excluding hydrogens is 315 g/mol. The van der Waals surface area contributed by atoms with Gasteiger partial charge in [0.15, 0.2) is 0 Å². The van der Waals surface area contributed by atoms with E-state index in [4.69, 9.17) is 5.73 Å². The minimum Gasteiger partial charge on any atom is -0.352 e. The Morgan fingerprint density at radius 1 is 1.40 bits per heavy atom. The molecule has 0 unspecified atom stereocenters. The molecule has 0 aliphatic rings. The predicted molar refractivity (Wildman–Crippen MR) is 74.0 cm³/mol. The number of aromatic nitrogens is 1. The molecule has 1 amide bonds. The van der Waals surface area contributed by atoms with E-state index in [-0.39, 0.29) is 23.0 Å². The number of pyridine rings is 1. The average Bonchev–Trinajstić information content (AvgIpc) is 2.33. The van der Waals surface area contributed by atoms with E-state index in [1.165, 1.54) is 18.3 Å². The third-order valence-electron chi connectivity index (χ3n) is 2.14. The molecule has 20 heavy (non-hydrogen) atoms. The van der Waals surface area contributed by atoms with Gasteiger partial charge >= 0.3 is 5.51 Å². The van der Waals surface area contributed by atoms with Crippen molar-refractivity contribution in [1.29, 1.82) is 0 Å². The number of nitrogens with two attached hydrogens (primary N) is 1. The Labute approximate surface area is 125 Å². The summed E-state index contributed by atoms with van der Waals surface area (Å²) < 4.78 is 36.9. The molecular formula is C11H15ClF3N3OS. The van der Waals surface area contributed by atoms with E-state index >= 15 is 0 Å². The lowest BCUT2D eigenvalue weighted by atomic mass is 10.2. The molecule has 0 aliphatic carbocycles. The number of alkyl halides is 3. The highest BCUT2D eigenvalue weighted by Gasteiger charge is 2.32. The second-order valence-electron chi connectivity index (χ2n) is 3.66. The molecule has 0 fully saturated rings. The number of unbranched alkanes of at least 4 members (excludes halogenated alkanes) is 1. The fourth-order valence-electron chi connectivity index (χ4n) is 1.32. The normalized spacial score (nSPS) is 10.8. The maximum absolute atomic E-state index is 12.3. The Morgan fingerprint density at radius 3 is 2.70 bits per heavy atom. The molecule has 1 rings (SSSR count). The molecule has 1 heterocycles. The monoisotopic (exact) mass is 329 g/mol. The molecule has 4 nitrogen and oxygen atoms in total. The number of carbonyl (C=O) groups excluding carboxylic acids is 1. The average molecular weight is 330 g/mol. The van der Waals surface area contributed by atoms with E-state index in [2.05, 4.69) is 10.3 Å². The fraction of sp³-hybridized carbons (Fsp3) is 0.455. The zero-order valence-electron chi connectivity index (χ0n) is 10.4. The summed E-state index contributed by atoms with van der Waals surface area (Å²) in [5.74, 6) is -0.558. The van der Waals surface area contributed by atoms with Crippen molar-refractivity contribution in [2.75, 3.05) is 13.1 Å². The smallest absolute Gasteiger partial charge is 0.352 e. The van der Waals surface area contributed by atoms with E-state index in [9.17, 15) is 18.0 Å². The molecule has 114 valence electrons. The quantitative estimate of drug-likeness (QED) is 0.622. The van der Waals surface area contributed by atoms with Crippen LogP contribution in [0.15, 0.2) is 23.4 Å². The van der Waals surface area contributed by atoms with Gasteiger partial charge in [0.1, 0.15) is 5.03 Å². The van der Waals surface area contributed by atoms with Gasteiger partial charge in [0.2, 0.25) is 0 Å². The predicted octanol–water partition coefficient (Wildman–Crippen LogP) is 2.58. The van der Waals surface area contributed by atoms with Crippen molar-refractivity contribution in [2.24, 2.45) is 5.73 Å². The molecule has 0 spiro atoms. The molecule has 1 aromatic heterocycles. The summed E-state index contributed by atoms with van der Waals surface area (Å²) in [6, 6.07) is 2.74. The summed E-state index contributed by atoms with van der Waals surface area (Å²) in [5.41, 5.74) is 0.758. The first-order valence-corrected chi connectivity index (χ1v) is 6.44. The first-order chi connectivity index (χ1) is 8.94. The molecule has 0 bridgehead atoms. The number of rotatable bonds is 6. The number of halogens is 4. The van der Waals surface area contributed by atoms with Gasteiger partial charge in [-0.1, -0.05) is 0 Å². The van der Waals surface area contributed by atoms with Crippen molar-refractivity contribution in [3.05, 3.63) is 23.9 Å². The Bertz CT molecular complexity index is 432. The Morgan fingerprint density at radius 2 is 2.10 bits per heavy atom. The first-order valence-electron chi connectivity index (χ1n) is 5.63. The maximum Gasteiger partial charge on any atom is 0.447 e. The lowest BCUT2D eigenvalue weighted by molar-refractivity contribution is -0.0329. The maximum atomic E-state index is 12.3.